The van der Waals surface area contributed by atoms with E-state index < -0.39 is 10.0 Å². The molecule has 0 aliphatic carbocycles. The van der Waals surface area contributed by atoms with Gasteiger partial charge in [0.2, 0.25) is 15.4 Å². The molecule has 0 radical (unpaired) electrons. The monoisotopic (exact) mass is 354 g/mol. The third kappa shape index (κ3) is 4.87. The Morgan fingerprint density at radius 1 is 1.33 bits per heavy atom. The summed E-state index contributed by atoms with van der Waals surface area (Å²) in [4.78, 5) is 10.9. The average molecular weight is 355 g/mol. The molecule has 1 aromatic heterocycles. The van der Waals surface area contributed by atoms with Gasteiger partial charge in [-0.2, -0.15) is 0 Å². The summed E-state index contributed by atoms with van der Waals surface area (Å²) in [5, 5.41) is 9.75. The van der Waals surface area contributed by atoms with Gasteiger partial charge in [-0.25, -0.2) is 13.1 Å². The summed E-state index contributed by atoms with van der Waals surface area (Å²) in [6.45, 7) is 5.49. The van der Waals surface area contributed by atoms with Crippen LogP contribution in [0.1, 0.15) is 33.6 Å². The Hall–Kier alpha value is -0.770. The molecular weight excluding hydrogens is 336 g/mol. The molecule has 2 N–H and O–H groups in total. The lowest BCUT2D eigenvalue weighted by atomic mass is 9.85. The zero-order valence-electron chi connectivity index (χ0n) is 12.1. The number of carbonyl (C=O) groups is 1. The van der Waals surface area contributed by atoms with Crippen LogP contribution in [0, 0.1) is 5.41 Å². The number of nitrogens with zero attached hydrogens (tertiary/aromatic N) is 2. The molecule has 0 aliphatic heterocycles. The van der Waals surface area contributed by atoms with Gasteiger partial charge in [-0.1, -0.05) is 25.2 Å². The van der Waals surface area contributed by atoms with Crippen molar-refractivity contribution >= 4 is 44.0 Å². The molecule has 7 nitrogen and oxygen atoms in total. The predicted octanol–water partition coefficient (Wildman–Crippen LogP) is 1.82. The Morgan fingerprint density at radius 2 is 1.95 bits per heavy atom. The first-order valence-corrected chi connectivity index (χ1v) is 9.28. The summed E-state index contributed by atoms with van der Waals surface area (Å²) in [6.07, 6.45) is 1.53. The molecule has 10 heteroatoms. The van der Waals surface area contributed by atoms with Crippen LogP contribution in [0.25, 0.3) is 0 Å². The molecule has 0 saturated heterocycles. The molecule has 1 aromatic rings. The molecule has 0 atom stereocenters. The minimum absolute atomic E-state index is 0.150. The first kappa shape index (κ1) is 18.3. The highest BCUT2D eigenvalue weighted by molar-refractivity contribution is 7.91. The highest BCUT2D eigenvalue weighted by Crippen LogP contribution is 2.28. The maximum Gasteiger partial charge on any atom is 0.269 e. The lowest BCUT2D eigenvalue weighted by Crippen LogP contribution is -2.38. The number of nitrogens with one attached hydrogen (secondary N) is 2. The van der Waals surface area contributed by atoms with E-state index >= 15 is 0 Å². The standard InChI is InChI=1S/C11H19ClN4O3S2/c1-4-11(5-2,6-12)7-13-21(18,19)10-16-15-9(20-10)14-8(3)17/h13H,4-7H2,1-3H3,(H,14,15,17). The number of halogens is 1. The van der Waals surface area contributed by atoms with E-state index in [0.29, 0.717) is 5.88 Å². The minimum atomic E-state index is -3.75. The number of hydrogen-bond donors (Lipinski definition) is 2. The van der Waals surface area contributed by atoms with Crippen molar-refractivity contribution < 1.29 is 13.2 Å². The van der Waals surface area contributed by atoms with E-state index in [1.54, 1.807) is 0 Å². The molecule has 0 aromatic carbocycles. The smallest absolute Gasteiger partial charge is 0.269 e. The molecule has 1 heterocycles. The van der Waals surface area contributed by atoms with E-state index in [1.807, 2.05) is 13.8 Å². The number of aromatic nitrogens is 2. The van der Waals surface area contributed by atoms with E-state index in [-0.39, 0.29) is 27.3 Å². The number of alkyl halides is 1. The van der Waals surface area contributed by atoms with Crippen LogP contribution < -0.4 is 10.0 Å². The Morgan fingerprint density at radius 3 is 2.43 bits per heavy atom. The fourth-order valence-electron chi connectivity index (χ4n) is 1.57. The first-order valence-electron chi connectivity index (χ1n) is 6.45. The molecule has 0 unspecified atom stereocenters. The van der Waals surface area contributed by atoms with Crippen LogP contribution in [-0.2, 0) is 14.8 Å². The number of anilines is 1. The SMILES string of the molecule is CCC(CC)(CCl)CNS(=O)(=O)c1nnc(NC(C)=O)s1. The lowest BCUT2D eigenvalue weighted by Gasteiger charge is -2.28. The fourth-order valence-corrected chi connectivity index (χ4v) is 4.18. The van der Waals surface area contributed by atoms with Crippen LogP contribution in [0.15, 0.2) is 4.34 Å². The van der Waals surface area contributed by atoms with E-state index in [4.69, 9.17) is 11.6 Å². The second-order valence-corrected chi connectivity index (χ2v) is 7.91. The van der Waals surface area contributed by atoms with Crippen molar-refractivity contribution in [3.63, 3.8) is 0 Å². The third-order valence-corrected chi connectivity index (χ3v) is 6.51. The van der Waals surface area contributed by atoms with Crippen LogP contribution in [0.4, 0.5) is 5.13 Å². The Balaban J connectivity index is 2.82. The zero-order valence-corrected chi connectivity index (χ0v) is 14.5. The molecule has 0 spiro atoms. The van der Waals surface area contributed by atoms with Crippen molar-refractivity contribution in [2.24, 2.45) is 5.41 Å². The number of hydrogen-bond acceptors (Lipinski definition) is 6. The fraction of sp³-hybridized carbons (Fsp3) is 0.727. The van der Waals surface area contributed by atoms with Crippen molar-refractivity contribution in [2.45, 2.75) is 38.0 Å². The van der Waals surface area contributed by atoms with E-state index in [0.717, 1.165) is 24.2 Å². The van der Waals surface area contributed by atoms with Gasteiger partial charge in [0.05, 0.1) is 0 Å². The van der Waals surface area contributed by atoms with Gasteiger partial charge in [0, 0.05) is 19.3 Å². The molecule has 1 rings (SSSR count). The number of amides is 1. The summed E-state index contributed by atoms with van der Waals surface area (Å²) >= 11 is 6.76. The lowest BCUT2D eigenvalue weighted by molar-refractivity contribution is -0.114. The van der Waals surface area contributed by atoms with Crippen molar-refractivity contribution in [1.29, 1.82) is 0 Å². The predicted molar refractivity (Wildman–Crippen MR) is 83.1 cm³/mol. The van der Waals surface area contributed by atoms with Crippen molar-refractivity contribution in [2.75, 3.05) is 17.7 Å². The maximum absolute atomic E-state index is 12.2. The zero-order chi connectivity index (χ0) is 16.1. The number of carbonyl (C=O) groups excluding carboxylic acids is 1. The van der Waals surface area contributed by atoms with Crippen LogP contribution in [-0.4, -0.2) is 36.9 Å². The normalized spacial score (nSPS) is 12.4. The van der Waals surface area contributed by atoms with Gasteiger partial charge in [-0.05, 0) is 18.3 Å². The topological polar surface area (TPSA) is 101 Å². The van der Waals surface area contributed by atoms with E-state index in [1.165, 1.54) is 6.92 Å². The highest BCUT2D eigenvalue weighted by Gasteiger charge is 2.29. The number of rotatable bonds is 8. The van der Waals surface area contributed by atoms with Gasteiger partial charge in [0.25, 0.3) is 10.0 Å². The van der Waals surface area contributed by atoms with Crippen LogP contribution in [0.5, 0.6) is 0 Å². The van der Waals surface area contributed by atoms with Gasteiger partial charge in [0.1, 0.15) is 0 Å². The van der Waals surface area contributed by atoms with Gasteiger partial charge >= 0.3 is 0 Å². The summed E-state index contributed by atoms with van der Waals surface area (Å²) < 4.78 is 26.7. The van der Waals surface area contributed by atoms with Gasteiger partial charge in [0.15, 0.2) is 0 Å². The Kier molecular flexibility index (Phi) is 6.51. The molecular formula is C11H19ClN4O3S2. The van der Waals surface area contributed by atoms with Gasteiger partial charge in [-0.15, -0.1) is 21.8 Å². The van der Waals surface area contributed by atoms with Gasteiger partial charge < -0.3 is 5.32 Å². The molecule has 0 fully saturated rings. The van der Waals surface area contributed by atoms with E-state index in [2.05, 4.69) is 20.2 Å². The number of sulfonamides is 1. The second-order valence-electron chi connectivity index (χ2n) is 4.72. The average Bonchev–Trinajstić information content (AvgIpc) is 2.89. The summed E-state index contributed by atoms with van der Waals surface area (Å²) in [5.74, 6) is 0.0386. The third-order valence-electron chi connectivity index (χ3n) is 3.34. The second kappa shape index (κ2) is 7.48. The molecule has 120 valence electrons. The molecule has 1 amide bonds. The maximum atomic E-state index is 12.2. The molecule has 21 heavy (non-hydrogen) atoms. The van der Waals surface area contributed by atoms with Crippen LogP contribution in [0.2, 0.25) is 0 Å². The van der Waals surface area contributed by atoms with E-state index in [9.17, 15) is 13.2 Å². The van der Waals surface area contributed by atoms with Crippen LogP contribution in [0.3, 0.4) is 0 Å². The molecule has 0 bridgehead atoms. The molecule has 0 saturated carbocycles. The quantitative estimate of drug-likeness (QED) is 0.547. The summed E-state index contributed by atoms with van der Waals surface area (Å²) in [7, 11) is -3.75. The first-order chi connectivity index (χ1) is 9.78. The molecule has 0 aliphatic rings. The minimum Gasteiger partial charge on any atom is -0.301 e. The van der Waals surface area contributed by atoms with Crippen molar-refractivity contribution in [1.82, 2.24) is 14.9 Å². The van der Waals surface area contributed by atoms with Crippen LogP contribution >= 0.6 is 22.9 Å². The van der Waals surface area contributed by atoms with Crippen molar-refractivity contribution in [3.8, 4) is 0 Å². The summed E-state index contributed by atoms with van der Waals surface area (Å²) in [6, 6.07) is 0. The Bertz CT molecular complexity index is 576. The van der Waals surface area contributed by atoms with Crippen molar-refractivity contribution in [3.05, 3.63) is 0 Å². The van der Waals surface area contributed by atoms with Gasteiger partial charge in [-0.3, -0.25) is 4.79 Å². The highest BCUT2D eigenvalue weighted by atomic mass is 35.5. The largest absolute Gasteiger partial charge is 0.301 e. The summed E-state index contributed by atoms with van der Waals surface area (Å²) in [5.41, 5.74) is -0.278. The Labute approximate surface area is 133 Å².